The lowest BCUT2D eigenvalue weighted by Crippen LogP contribution is -1.95. The van der Waals surface area contributed by atoms with Gasteiger partial charge in [0.05, 0.1) is 12.8 Å². The zero-order chi connectivity index (χ0) is 16.4. The lowest BCUT2D eigenvalue weighted by Gasteiger charge is -2.08. The number of benzene rings is 2. The van der Waals surface area contributed by atoms with E-state index >= 15 is 0 Å². The van der Waals surface area contributed by atoms with Crippen LogP contribution in [0.5, 0.6) is 5.75 Å². The molecule has 23 heavy (non-hydrogen) atoms. The minimum atomic E-state index is 0.0670. The minimum absolute atomic E-state index is 0.0670. The van der Waals surface area contributed by atoms with Crippen molar-refractivity contribution in [2.45, 2.75) is 13.8 Å². The molecule has 0 bridgehead atoms. The third-order valence-corrected chi connectivity index (χ3v) is 3.98. The number of methoxy groups -OCH3 is 1. The molecule has 3 nitrogen and oxygen atoms in total. The summed E-state index contributed by atoms with van der Waals surface area (Å²) in [6.45, 7) is 3.55. The summed E-state index contributed by atoms with van der Waals surface area (Å²) in [5.41, 5.74) is 5.62. The van der Waals surface area contributed by atoms with Gasteiger partial charge >= 0.3 is 0 Å². The molecule has 0 spiro atoms. The van der Waals surface area contributed by atoms with Crippen molar-refractivity contribution in [2.24, 2.45) is 0 Å². The summed E-state index contributed by atoms with van der Waals surface area (Å²) >= 11 is 0. The van der Waals surface area contributed by atoms with E-state index in [2.05, 4.69) is 4.98 Å². The van der Waals surface area contributed by atoms with E-state index in [1.54, 1.807) is 14.0 Å². The van der Waals surface area contributed by atoms with Crippen LogP contribution in [0.1, 0.15) is 23.0 Å². The molecule has 2 aromatic carbocycles. The zero-order valence-electron chi connectivity index (χ0n) is 13.5. The van der Waals surface area contributed by atoms with E-state index in [1.807, 2.05) is 61.5 Å². The predicted molar refractivity (Wildman–Crippen MR) is 93.0 cm³/mol. The summed E-state index contributed by atoms with van der Waals surface area (Å²) in [6, 6.07) is 17.9. The topological polar surface area (TPSA) is 42.1 Å². The van der Waals surface area contributed by atoms with E-state index < -0.39 is 0 Å². The highest BCUT2D eigenvalue weighted by Gasteiger charge is 2.20. The summed E-state index contributed by atoms with van der Waals surface area (Å²) in [6.07, 6.45) is 0. The number of nitrogens with one attached hydrogen (secondary N) is 1. The molecular weight excluding hydrogens is 286 g/mol. The molecule has 0 saturated carbocycles. The number of hydrogen-bond donors (Lipinski definition) is 1. The molecule has 3 aromatic rings. The molecule has 0 atom stereocenters. The molecule has 1 heterocycles. The largest absolute Gasteiger partial charge is 0.497 e. The lowest BCUT2D eigenvalue weighted by molar-refractivity contribution is 0.101. The summed E-state index contributed by atoms with van der Waals surface area (Å²) in [7, 11) is 1.65. The summed E-state index contributed by atoms with van der Waals surface area (Å²) in [5, 5.41) is 0. The van der Waals surface area contributed by atoms with Crippen LogP contribution in [-0.4, -0.2) is 17.9 Å². The Morgan fingerprint density at radius 3 is 2.17 bits per heavy atom. The fraction of sp³-hybridized carbons (Fsp3) is 0.150. The molecule has 0 fully saturated rings. The molecule has 0 amide bonds. The van der Waals surface area contributed by atoms with Crippen LogP contribution in [0.4, 0.5) is 0 Å². The highest BCUT2D eigenvalue weighted by molar-refractivity contribution is 6.05. The third-order valence-electron chi connectivity index (χ3n) is 3.98. The van der Waals surface area contributed by atoms with Crippen LogP contribution in [0.25, 0.3) is 22.4 Å². The van der Waals surface area contributed by atoms with Gasteiger partial charge in [0, 0.05) is 16.8 Å². The average molecular weight is 305 g/mol. The quantitative estimate of drug-likeness (QED) is 0.699. The number of hydrogen-bond acceptors (Lipinski definition) is 2. The number of carbonyl (C=O) groups is 1. The number of aromatic nitrogens is 1. The van der Waals surface area contributed by atoms with E-state index in [1.165, 1.54) is 0 Å². The van der Waals surface area contributed by atoms with Gasteiger partial charge in [0.1, 0.15) is 5.75 Å². The van der Waals surface area contributed by atoms with Crippen molar-refractivity contribution in [1.29, 1.82) is 0 Å². The number of H-pyrrole nitrogens is 1. The molecule has 116 valence electrons. The fourth-order valence-electron chi connectivity index (χ4n) is 2.93. The van der Waals surface area contributed by atoms with Crippen molar-refractivity contribution < 1.29 is 9.53 Å². The Morgan fingerprint density at radius 2 is 1.61 bits per heavy atom. The number of rotatable bonds is 4. The van der Waals surface area contributed by atoms with Gasteiger partial charge in [-0.3, -0.25) is 4.79 Å². The Labute approximate surface area is 135 Å². The maximum Gasteiger partial charge on any atom is 0.162 e. The van der Waals surface area contributed by atoms with Crippen LogP contribution in [-0.2, 0) is 0 Å². The van der Waals surface area contributed by atoms with Gasteiger partial charge in [-0.05, 0) is 49.2 Å². The van der Waals surface area contributed by atoms with Crippen LogP contribution in [0, 0.1) is 6.92 Å². The Hall–Kier alpha value is -2.81. The lowest BCUT2D eigenvalue weighted by atomic mass is 9.95. The van der Waals surface area contributed by atoms with Crippen molar-refractivity contribution in [2.75, 3.05) is 7.11 Å². The monoisotopic (exact) mass is 305 g/mol. The number of Topliss-reactive ketones (excluding diaryl/α,β-unsaturated/α-hetero) is 1. The first-order chi connectivity index (χ1) is 11.1. The van der Waals surface area contributed by atoms with E-state index in [-0.39, 0.29) is 5.78 Å². The second kappa shape index (κ2) is 6.13. The van der Waals surface area contributed by atoms with Crippen LogP contribution < -0.4 is 4.74 Å². The molecule has 3 heteroatoms. The average Bonchev–Trinajstić information content (AvgIpc) is 2.93. The minimum Gasteiger partial charge on any atom is -0.497 e. The molecule has 0 radical (unpaired) electrons. The molecule has 0 saturated heterocycles. The first-order valence-electron chi connectivity index (χ1n) is 7.55. The van der Waals surface area contributed by atoms with Gasteiger partial charge < -0.3 is 9.72 Å². The molecule has 1 aromatic heterocycles. The third kappa shape index (κ3) is 2.78. The van der Waals surface area contributed by atoms with E-state index in [9.17, 15) is 4.79 Å². The Bertz CT molecular complexity index is 830. The number of ketones is 1. The molecule has 0 aliphatic heterocycles. The standard InChI is InChI=1S/C20H19NO2/c1-13-18(14(2)22)19(15-7-5-4-6-8-15)20(21-13)16-9-11-17(23-3)12-10-16/h4-12,21H,1-3H3. The highest BCUT2D eigenvalue weighted by Crippen LogP contribution is 2.37. The second-order valence-corrected chi connectivity index (χ2v) is 5.53. The summed E-state index contributed by atoms with van der Waals surface area (Å²) < 4.78 is 5.22. The van der Waals surface area contributed by atoms with Gasteiger partial charge in [0.2, 0.25) is 0 Å². The molecule has 0 aliphatic rings. The zero-order valence-corrected chi connectivity index (χ0v) is 13.5. The Morgan fingerprint density at radius 1 is 0.957 bits per heavy atom. The van der Waals surface area contributed by atoms with Crippen molar-refractivity contribution in [3.05, 3.63) is 65.9 Å². The van der Waals surface area contributed by atoms with Crippen LogP contribution in [0.15, 0.2) is 54.6 Å². The number of ether oxygens (including phenoxy) is 1. The van der Waals surface area contributed by atoms with Crippen molar-refractivity contribution in [3.8, 4) is 28.1 Å². The number of aromatic amines is 1. The van der Waals surface area contributed by atoms with Gasteiger partial charge in [0.15, 0.2) is 5.78 Å². The molecule has 0 aliphatic carbocycles. The first kappa shape index (κ1) is 15.1. The Balaban J connectivity index is 2.24. The normalized spacial score (nSPS) is 10.6. The van der Waals surface area contributed by atoms with Gasteiger partial charge in [-0.2, -0.15) is 0 Å². The second-order valence-electron chi connectivity index (χ2n) is 5.53. The van der Waals surface area contributed by atoms with Gasteiger partial charge in [0.25, 0.3) is 0 Å². The van der Waals surface area contributed by atoms with Crippen LogP contribution in [0.2, 0.25) is 0 Å². The van der Waals surface area contributed by atoms with Crippen LogP contribution >= 0.6 is 0 Å². The number of carbonyl (C=O) groups excluding carboxylic acids is 1. The SMILES string of the molecule is COc1ccc(-c2[nH]c(C)c(C(C)=O)c2-c2ccccc2)cc1. The summed E-state index contributed by atoms with van der Waals surface area (Å²) in [5.74, 6) is 0.877. The van der Waals surface area contributed by atoms with Gasteiger partial charge in [-0.15, -0.1) is 0 Å². The van der Waals surface area contributed by atoms with E-state index in [4.69, 9.17) is 4.74 Å². The van der Waals surface area contributed by atoms with Crippen molar-refractivity contribution in [1.82, 2.24) is 4.98 Å². The van der Waals surface area contributed by atoms with Crippen molar-refractivity contribution >= 4 is 5.78 Å². The first-order valence-corrected chi connectivity index (χ1v) is 7.55. The summed E-state index contributed by atoms with van der Waals surface area (Å²) in [4.78, 5) is 15.6. The number of aryl methyl sites for hydroxylation is 1. The van der Waals surface area contributed by atoms with Gasteiger partial charge in [-0.25, -0.2) is 0 Å². The van der Waals surface area contributed by atoms with Crippen LogP contribution in [0.3, 0.4) is 0 Å². The predicted octanol–water partition coefficient (Wildman–Crippen LogP) is 4.87. The Kier molecular flexibility index (Phi) is 4.02. The van der Waals surface area contributed by atoms with Crippen molar-refractivity contribution in [3.63, 3.8) is 0 Å². The molecule has 3 rings (SSSR count). The van der Waals surface area contributed by atoms with E-state index in [0.717, 1.165) is 39.4 Å². The maximum absolute atomic E-state index is 12.2. The molecule has 0 unspecified atom stereocenters. The molecule has 1 N–H and O–H groups in total. The maximum atomic E-state index is 12.2. The smallest absolute Gasteiger partial charge is 0.162 e. The molecular formula is C20H19NO2. The highest BCUT2D eigenvalue weighted by atomic mass is 16.5. The van der Waals surface area contributed by atoms with E-state index in [0.29, 0.717) is 0 Å². The van der Waals surface area contributed by atoms with Gasteiger partial charge in [-0.1, -0.05) is 30.3 Å². The fourth-order valence-corrected chi connectivity index (χ4v) is 2.93.